The normalized spacial score (nSPS) is 26.9. The largest absolute Gasteiger partial charge is 0.338 e. The van der Waals surface area contributed by atoms with Gasteiger partial charge in [0, 0.05) is 30.0 Å². The third-order valence-corrected chi connectivity index (χ3v) is 5.05. The molecule has 0 aromatic rings. The molecule has 0 bridgehead atoms. The van der Waals surface area contributed by atoms with E-state index < -0.39 is 0 Å². The number of thioether (sulfide) groups is 1. The van der Waals surface area contributed by atoms with Gasteiger partial charge in [0.25, 0.3) is 0 Å². The van der Waals surface area contributed by atoms with Crippen LogP contribution in [0.15, 0.2) is 0 Å². The lowest BCUT2D eigenvalue weighted by Gasteiger charge is -2.37. The molecule has 0 saturated carbocycles. The minimum absolute atomic E-state index is 0.327. The highest BCUT2D eigenvalue weighted by molar-refractivity contribution is 8.00. The van der Waals surface area contributed by atoms with E-state index in [2.05, 4.69) is 25.7 Å². The SMILES string of the molecule is CC(CCN)CCC(=O)N1CCSC(C)C1C. The van der Waals surface area contributed by atoms with E-state index in [1.165, 1.54) is 0 Å². The number of carbonyl (C=O) groups is 1. The summed E-state index contributed by atoms with van der Waals surface area (Å²) in [7, 11) is 0. The van der Waals surface area contributed by atoms with Gasteiger partial charge in [-0.25, -0.2) is 0 Å². The first kappa shape index (κ1) is 14.8. The van der Waals surface area contributed by atoms with Crippen molar-refractivity contribution in [2.24, 2.45) is 11.7 Å². The van der Waals surface area contributed by atoms with Crippen LogP contribution in [-0.4, -0.2) is 40.9 Å². The molecule has 1 fully saturated rings. The van der Waals surface area contributed by atoms with Crippen molar-refractivity contribution in [3.05, 3.63) is 0 Å². The van der Waals surface area contributed by atoms with Gasteiger partial charge in [0.2, 0.25) is 5.91 Å². The Morgan fingerprint density at radius 2 is 2.18 bits per heavy atom. The van der Waals surface area contributed by atoms with Gasteiger partial charge in [0.1, 0.15) is 0 Å². The summed E-state index contributed by atoms with van der Waals surface area (Å²) in [5.74, 6) is 1.97. The summed E-state index contributed by atoms with van der Waals surface area (Å²) >= 11 is 1.97. The monoisotopic (exact) mass is 258 g/mol. The number of rotatable bonds is 5. The number of carbonyl (C=O) groups excluding carboxylic acids is 1. The van der Waals surface area contributed by atoms with E-state index in [0.717, 1.165) is 31.7 Å². The number of hydrogen-bond donors (Lipinski definition) is 1. The second-order valence-electron chi connectivity index (χ2n) is 5.12. The van der Waals surface area contributed by atoms with Crippen LogP contribution in [-0.2, 0) is 4.79 Å². The summed E-state index contributed by atoms with van der Waals surface area (Å²) in [6.45, 7) is 8.20. The molecule has 2 N–H and O–H groups in total. The predicted octanol–water partition coefficient (Wildman–Crippen LogP) is 2.10. The van der Waals surface area contributed by atoms with E-state index in [0.29, 0.717) is 29.5 Å². The van der Waals surface area contributed by atoms with Crippen molar-refractivity contribution in [2.75, 3.05) is 18.8 Å². The molecule has 3 unspecified atom stereocenters. The fraction of sp³-hybridized carbons (Fsp3) is 0.923. The molecule has 0 aromatic carbocycles. The molecule has 1 heterocycles. The smallest absolute Gasteiger partial charge is 0.222 e. The standard InChI is InChI=1S/C13H26N2OS/c1-10(6-7-14)4-5-13(16)15-8-9-17-12(3)11(15)2/h10-12H,4-9,14H2,1-3H3. The summed E-state index contributed by atoms with van der Waals surface area (Å²) in [6.07, 6.45) is 2.68. The van der Waals surface area contributed by atoms with Crippen LogP contribution in [0.25, 0.3) is 0 Å². The molecule has 1 aliphatic heterocycles. The first-order valence-corrected chi connectivity index (χ1v) is 7.72. The summed E-state index contributed by atoms with van der Waals surface area (Å²) in [5.41, 5.74) is 5.52. The first-order valence-electron chi connectivity index (χ1n) is 6.67. The lowest BCUT2D eigenvalue weighted by Crippen LogP contribution is -2.47. The van der Waals surface area contributed by atoms with Gasteiger partial charge in [-0.15, -0.1) is 0 Å². The van der Waals surface area contributed by atoms with Crippen molar-refractivity contribution < 1.29 is 4.79 Å². The van der Waals surface area contributed by atoms with Crippen LogP contribution in [0.4, 0.5) is 0 Å². The van der Waals surface area contributed by atoms with Crippen LogP contribution < -0.4 is 5.73 Å². The Kier molecular flexibility index (Phi) is 6.34. The Bertz CT molecular complexity index is 248. The summed E-state index contributed by atoms with van der Waals surface area (Å²) in [5, 5.41) is 0.564. The summed E-state index contributed by atoms with van der Waals surface area (Å²) in [4.78, 5) is 14.2. The molecule has 1 saturated heterocycles. The van der Waals surface area contributed by atoms with Gasteiger partial charge < -0.3 is 10.6 Å². The highest BCUT2D eigenvalue weighted by atomic mass is 32.2. The zero-order chi connectivity index (χ0) is 12.8. The summed E-state index contributed by atoms with van der Waals surface area (Å²) in [6, 6.07) is 0.381. The number of hydrogen-bond acceptors (Lipinski definition) is 3. The molecule has 3 nitrogen and oxygen atoms in total. The van der Waals surface area contributed by atoms with Crippen LogP contribution in [0.1, 0.15) is 40.0 Å². The Balaban J connectivity index is 2.36. The maximum absolute atomic E-state index is 12.1. The lowest BCUT2D eigenvalue weighted by molar-refractivity contribution is -0.133. The minimum Gasteiger partial charge on any atom is -0.338 e. The van der Waals surface area contributed by atoms with Crippen LogP contribution in [0.2, 0.25) is 0 Å². The van der Waals surface area contributed by atoms with Gasteiger partial charge in [-0.3, -0.25) is 4.79 Å². The first-order chi connectivity index (χ1) is 8.06. The van der Waals surface area contributed by atoms with Crippen LogP contribution in [0.3, 0.4) is 0 Å². The van der Waals surface area contributed by atoms with Gasteiger partial charge in [-0.05, 0) is 32.2 Å². The Hall–Kier alpha value is -0.220. The Morgan fingerprint density at radius 3 is 2.82 bits per heavy atom. The highest BCUT2D eigenvalue weighted by Crippen LogP contribution is 2.25. The molecule has 3 atom stereocenters. The average molecular weight is 258 g/mol. The average Bonchev–Trinajstić information content (AvgIpc) is 2.30. The molecule has 1 amide bonds. The van der Waals surface area contributed by atoms with Crippen molar-refractivity contribution in [1.82, 2.24) is 4.90 Å². The van der Waals surface area contributed by atoms with Crippen molar-refractivity contribution in [1.29, 1.82) is 0 Å². The zero-order valence-electron chi connectivity index (χ0n) is 11.3. The Labute approximate surface area is 109 Å². The van der Waals surface area contributed by atoms with E-state index in [9.17, 15) is 4.79 Å². The molecular weight excluding hydrogens is 232 g/mol. The number of nitrogens with two attached hydrogens (primary N) is 1. The number of amides is 1. The molecule has 100 valence electrons. The zero-order valence-corrected chi connectivity index (χ0v) is 12.1. The number of nitrogens with zero attached hydrogens (tertiary/aromatic N) is 1. The maximum Gasteiger partial charge on any atom is 0.222 e. The third kappa shape index (κ3) is 4.51. The molecule has 0 radical (unpaired) electrons. The second kappa shape index (κ2) is 7.27. The fourth-order valence-corrected chi connectivity index (χ4v) is 3.33. The van der Waals surface area contributed by atoms with Crippen molar-refractivity contribution >= 4 is 17.7 Å². The van der Waals surface area contributed by atoms with Crippen LogP contribution in [0, 0.1) is 5.92 Å². The van der Waals surface area contributed by atoms with Crippen LogP contribution in [0.5, 0.6) is 0 Å². The van der Waals surface area contributed by atoms with E-state index in [1.54, 1.807) is 0 Å². The van der Waals surface area contributed by atoms with Crippen LogP contribution >= 0.6 is 11.8 Å². The molecule has 0 aliphatic carbocycles. The quantitative estimate of drug-likeness (QED) is 0.821. The topological polar surface area (TPSA) is 46.3 Å². The van der Waals surface area contributed by atoms with E-state index in [1.807, 2.05) is 11.8 Å². The van der Waals surface area contributed by atoms with Crippen molar-refractivity contribution in [3.8, 4) is 0 Å². The molecule has 0 aromatic heterocycles. The molecule has 0 spiro atoms. The van der Waals surface area contributed by atoms with Gasteiger partial charge in [0.05, 0.1) is 0 Å². The fourth-order valence-electron chi connectivity index (χ4n) is 2.23. The lowest BCUT2D eigenvalue weighted by atomic mass is 10.0. The maximum atomic E-state index is 12.1. The molecule has 17 heavy (non-hydrogen) atoms. The third-order valence-electron chi connectivity index (χ3n) is 3.71. The van der Waals surface area contributed by atoms with E-state index in [-0.39, 0.29) is 0 Å². The van der Waals surface area contributed by atoms with Gasteiger partial charge in [-0.1, -0.05) is 13.8 Å². The van der Waals surface area contributed by atoms with Gasteiger partial charge in [-0.2, -0.15) is 11.8 Å². The van der Waals surface area contributed by atoms with Gasteiger partial charge in [0.15, 0.2) is 0 Å². The molecule has 4 heteroatoms. The molecular formula is C13H26N2OS. The van der Waals surface area contributed by atoms with E-state index >= 15 is 0 Å². The highest BCUT2D eigenvalue weighted by Gasteiger charge is 2.28. The molecule has 1 aliphatic rings. The van der Waals surface area contributed by atoms with Crippen molar-refractivity contribution in [2.45, 2.75) is 51.3 Å². The van der Waals surface area contributed by atoms with Crippen molar-refractivity contribution in [3.63, 3.8) is 0 Å². The minimum atomic E-state index is 0.327. The van der Waals surface area contributed by atoms with E-state index in [4.69, 9.17) is 5.73 Å². The molecule has 1 rings (SSSR count). The van der Waals surface area contributed by atoms with Gasteiger partial charge >= 0.3 is 0 Å². The predicted molar refractivity (Wildman–Crippen MR) is 75.2 cm³/mol. The summed E-state index contributed by atoms with van der Waals surface area (Å²) < 4.78 is 0. The Morgan fingerprint density at radius 1 is 1.47 bits per heavy atom. The second-order valence-corrected chi connectivity index (χ2v) is 6.61.